The maximum atomic E-state index is 13.5. The Morgan fingerprint density at radius 2 is 2.10 bits per heavy atom. The first kappa shape index (κ1) is 13.3. The molecule has 0 amide bonds. The summed E-state index contributed by atoms with van der Waals surface area (Å²) in [5.41, 5.74) is 2.50. The Morgan fingerprint density at radius 3 is 2.81 bits per heavy atom. The molecule has 5 heteroatoms. The first-order valence-corrected chi connectivity index (χ1v) is 6.61. The number of carbonyl (C=O) groups is 1. The van der Waals surface area contributed by atoms with E-state index in [0.29, 0.717) is 11.3 Å². The van der Waals surface area contributed by atoms with Crippen LogP contribution >= 0.6 is 0 Å². The summed E-state index contributed by atoms with van der Waals surface area (Å²) in [6.45, 7) is 2.03. The monoisotopic (exact) mass is 284 g/mol. The molecule has 21 heavy (non-hydrogen) atoms. The highest BCUT2D eigenvalue weighted by Crippen LogP contribution is 2.26. The Kier molecular flexibility index (Phi) is 3.17. The summed E-state index contributed by atoms with van der Waals surface area (Å²) in [7, 11) is 0. The average Bonchev–Trinajstić information content (AvgIpc) is 2.89. The molecule has 0 bridgehead atoms. The van der Waals surface area contributed by atoms with Crippen molar-refractivity contribution in [3.8, 4) is 11.4 Å². The van der Waals surface area contributed by atoms with E-state index in [9.17, 15) is 9.18 Å². The SMILES string of the molecule is CCc1ccccc1-c1nc2c(C(=O)O)cc(F)cc2[nH]1. The number of halogens is 1. The molecule has 1 aromatic heterocycles. The van der Waals surface area contributed by atoms with E-state index in [0.717, 1.165) is 23.6 Å². The fraction of sp³-hybridized carbons (Fsp3) is 0.125. The number of benzene rings is 2. The molecule has 3 rings (SSSR count). The van der Waals surface area contributed by atoms with Gasteiger partial charge in [-0.1, -0.05) is 31.2 Å². The zero-order chi connectivity index (χ0) is 15.0. The lowest BCUT2D eigenvalue weighted by molar-refractivity contribution is 0.0698. The first-order chi connectivity index (χ1) is 10.1. The summed E-state index contributed by atoms with van der Waals surface area (Å²) in [6, 6.07) is 9.97. The van der Waals surface area contributed by atoms with Crippen LogP contribution in [0.5, 0.6) is 0 Å². The van der Waals surface area contributed by atoms with Crippen LogP contribution in [0.25, 0.3) is 22.4 Å². The Labute approximate surface area is 120 Å². The smallest absolute Gasteiger partial charge is 0.338 e. The van der Waals surface area contributed by atoms with Gasteiger partial charge in [0.05, 0.1) is 11.1 Å². The predicted molar refractivity (Wildman–Crippen MR) is 77.8 cm³/mol. The van der Waals surface area contributed by atoms with Gasteiger partial charge in [0.25, 0.3) is 0 Å². The maximum Gasteiger partial charge on any atom is 0.338 e. The van der Waals surface area contributed by atoms with Crippen LogP contribution in [0, 0.1) is 5.82 Å². The Bertz CT molecular complexity index is 839. The zero-order valence-corrected chi connectivity index (χ0v) is 11.4. The first-order valence-electron chi connectivity index (χ1n) is 6.61. The number of aromatic amines is 1. The van der Waals surface area contributed by atoms with E-state index >= 15 is 0 Å². The second kappa shape index (κ2) is 5.01. The van der Waals surface area contributed by atoms with Gasteiger partial charge in [0.2, 0.25) is 0 Å². The van der Waals surface area contributed by atoms with Gasteiger partial charge in [0.1, 0.15) is 17.2 Å². The number of nitrogens with one attached hydrogen (secondary N) is 1. The Morgan fingerprint density at radius 1 is 1.33 bits per heavy atom. The van der Waals surface area contributed by atoms with Crippen molar-refractivity contribution in [1.82, 2.24) is 9.97 Å². The van der Waals surface area contributed by atoms with Crippen LogP contribution in [-0.2, 0) is 6.42 Å². The molecule has 0 fully saturated rings. The highest BCUT2D eigenvalue weighted by Gasteiger charge is 2.16. The highest BCUT2D eigenvalue weighted by molar-refractivity contribution is 6.01. The minimum absolute atomic E-state index is 0.138. The molecule has 0 aliphatic heterocycles. The number of aryl methyl sites for hydroxylation is 1. The number of aromatic carboxylic acids is 1. The number of fused-ring (bicyclic) bond motifs is 1. The predicted octanol–water partition coefficient (Wildman–Crippen LogP) is 3.63. The molecule has 0 spiro atoms. The largest absolute Gasteiger partial charge is 0.478 e. The second-order valence-corrected chi connectivity index (χ2v) is 4.75. The fourth-order valence-corrected chi connectivity index (χ4v) is 2.43. The van der Waals surface area contributed by atoms with Crippen molar-refractivity contribution in [1.29, 1.82) is 0 Å². The van der Waals surface area contributed by atoms with Crippen molar-refractivity contribution in [2.45, 2.75) is 13.3 Å². The number of nitrogens with zero attached hydrogens (tertiary/aromatic N) is 1. The van der Waals surface area contributed by atoms with Gasteiger partial charge >= 0.3 is 5.97 Å². The summed E-state index contributed by atoms with van der Waals surface area (Å²) < 4.78 is 13.5. The minimum atomic E-state index is -1.19. The summed E-state index contributed by atoms with van der Waals surface area (Å²) in [6.07, 6.45) is 0.827. The van der Waals surface area contributed by atoms with E-state index in [1.807, 2.05) is 31.2 Å². The highest BCUT2D eigenvalue weighted by atomic mass is 19.1. The van der Waals surface area contributed by atoms with Gasteiger partial charge < -0.3 is 10.1 Å². The number of carboxylic acid groups (broad SMARTS) is 1. The molecule has 3 aromatic rings. The van der Waals surface area contributed by atoms with Crippen molar-refractivity contribution in [2.24, 2.45) is 0 Å². The van der Waals surface area contributed by atoms with E-state index in [4.69, 9.17) is 5.11 Å². The van der Waals surface area contributed by atoms with Crippen LogP contribution in [-0.4, -0.2) is 21.0 Å². The van der Waals surface area contributed by atoms with Crippen molar-refractivity contribution in [3.63, 3.8) is 0 Å². The van der Waals surface area contributed by atoms with Crippen molar-refractivity contribution >= 4 is 17.0 Å². The third kappa shape index (κ3) is 2.27. The van der Waals surface area contributed by atoms with E-state index in [-0.39, 0.29) is 11.1 Å². The van der Waals surface area contributed by atoms with E-state index in [1.165, 1.54) is 6.07 Å². The number of rotatable bonds is 3. The number of H-pyrrole nitrogens is 1. The summed E-state index contributed by atoms with van der Waals surface area (Å²) in [5.74, 6) is -1.24. The van der Waals surface area contributed by atoms with Crippen LogP contribution in [0.1, 0.15) is 22.8 Å². The van der Waals surface area contributed by atoms with Crippen molar-refractivity contribution in [3.05, 3.63) is 53.3 Å². The number of aromatic nitrogens is 2. The number of hydrogen-bond acceptors (Lipinski definition) is 2. The van der Waals surface area contributed by atoms with Gasteiger partial charge in [-0.05, 0) is 24.1 Å². The lowest BCUT2D eigenvalue weighted by Crippen LogP contribution is -1.98. The molecule has 1 heterocycles. The third-order valence-electron chi connectivity index (χ3n) is 3.44. The lowest BCUT2D eigenvalue weighted by atomic mass is 10.1. The Balaban J connectivity index is 2.26. The van der Waals surface area contributed by atoms with Gasteiger partial charge in [0, 0.05) is 5.56 Å². The number of carboxylic acids is 1. The summed E-state index contributed by atoms with van der Waals surface area (Å²) in [4.78, 5) is 18.6. The average molecular weight is 284 g/mol. The van der Waals surface area contributed by atoms with E-state index < -0.39 is 11.8 Å². The molecule has 2 N–H and O–H groups in total. The molecule has 2 aromatic carbocycles. The van der Waals surface area contributed by atoms with Crippen molar-refractivity contribution in [2.75, 3.05) is 0 Å². The summed E-state index contributed by atoms with van der Waals surface area (Å²) in [5, 5.41) is 9.17. The lowest BCUT2D eigenvalue weighted by Gasteiger charge is -2.03. The number of hydrogen-bond donors (Lipinski definition) is 2. The molecule has 0 saturated heterocycles. The minimum Gasteiger partial charge on any atom is -0.478 e. The van der Waals surface area contributed by atoms with E-state index in [1.54, 1.807) is 0 Å². The van der Waals surface area contributed by atoms with Gasteiger partial charge in [-0.25, -0.2) is 14.2 Å². The van der Waals surface area contributed by atoms with Crippen LogP contribution in [0.2, 0.25) is 0 Å². The molecule has 4 nitrogen and oxygen atoms in total. The standard InChI is InChI=1S/C16H13FN2O2/c1-2-9-5-3-4-6-11(9)15-18-13-8-10(17)7-12(16(20)21)14(13)19-15/h3-8H,2H2,1H3,(H,18,19)(H,20,21). The Hall–Kier alpha value is -2.69. The molecule has 0 aliphatic carbocycles. The molecule has 0 unspecified atom stereocenters. The van der Waals surface area contributed by atoms with Crippen LogP contribution in [0.3, 0.4) is 0 Å². The van der Waals surface area contributed by atoms with Crippen LogP contribution < -0.4 is 0 Å². The second-order valence-electron chi connectivity index (χ2n) is 4.75. The van der Waals surface area contributed by atoms with Crippen LogP contribution in [0.15, 0.2) is 36.4 Å². The molecular formula is C16H13FN2O2. The molecule has 0 radical (unpaired) electrons. The maximum absolute atomic E-state index is 13.5. The topological polar surface area (TPSA) is 66.0 Å². The molecule has 0 saturated carbocycles. The quantitative estimate of drug-likeness (QED) is 0.771. The van der Waals surface area contributed by atoms with Crippen LogP contribution in [0.4, 0.5) is 4.39 Å². The third-order valence-corrected chi connectivity index (χ3v) is 3.44. The van der Waals surface area contributed by atoms with Gasteiger partial charge in [0.15, 0.2) is 0 Å². The number of imidazole rings is 1. The van der Waals surface area contributed by atoms with Gasteiger partial charge in [-0.3, -0.25) is 0 Å². The summed E-state index contributed by atoms with van der Waals surface area (Å²) >= 11 is 0. The van der Waals surface area contributed by atoms with Crippen molar-refractivity contribution < 1.29 is 14.3 Å². The fourth-order valence-electron chi connectivity index (χ4n) is 2.43. The van der Waals surface area contributed by atoms with E-state index in [2.05, 4.69) is 9.97 Å². The van der Waals surface area contributed by atoms with Gasteiger partial charge in [-0.2, -0.15) is 0 Å². The molecule has 106 valence electrons. The molecule has 0 aliphatic rings. The van der Waals surface area contributed by atoms with Gasteiger partial charge in [-0.15, -0.1) is 0 Å². The normalized spacial score (nSPS) is 11.0. The molecule has 0 atom stereocenters. The zero-order valence-electron chi connectivity index (χ0n) is 11.4. The molecular weight excluding hydrogens is 271 g/mol.